The normalized spacial score (nSPS) is 13.2. The van der Waals surface area contributed by atoms with Gasteiger partial charge in [-0.25, -0.2) is 4.68 Å². The molecular weight excluding hydrogens is 520 g/mol. The van der Waals surface area contributed by atoms with Crippen molar-refractivity contribution in [1.82, 2.24) is 30.1 Å². The van der Waals surface area contributed by atoms with Gasteiger partial charge in [0.05, 0.1) is 24.9 Å². The molecule has 1 aliphatic rings. The summed E-state index contributed by atoms with van der Waals surface area (Å²) in [5, 5.41) is 13.7. The second-order valence-electron chi connectivity index (χ2n) is 9.90. The van der Waals surface area contributed by atoms with Gasteiger partial charge >= 0.3 is 0 Å². The first-order valence-electron chi connectivity index (χ1n) is 13.3. The van der Waals surface area contributed by atoms with Crippen LogP contribution < -0.4 is 15.0 Å². The van der Waals surface area contributed by atoms with Crippen molar-refractivity contribution in [3.63, 3.8) is 0 Å². The fourth-order valence-electron chi connectivity index (χ4n) is 5.25. The van der Waals surface area contributed by atoms with Crippen LogP contribution in [0.2, 0.25) is 0 Å². The molecule has 10 heteroatoms. The zero-order valence-corrected chi connectivity index (χ0v) is 22.0. The van der Waals surface area contributed by atoms with Gasteiger partial charge in [-0.1, -0.05) is 60.7 Å². The van der Waals surface area contributed by atoms with Gasteiger partial charge in [-0.2, -0.15) is 0 Å². The lowest BCUT2D eigenvalue weighted by Gasteiger charge is -2.30. The monoisotopic (exact) mass is 546 g/mol. The molecule has 0 aliphatic carbocycles. The third-order valence-corrected chi connectivity index (χ3v) is 7.17. The minimum absolute atomic E-state index is 0.146. The molecular formula is C31H26N6O4. The fourth-order valence-corrected chi connectivity index (χ4v) is 5.25. The zero-order valence-electron chi connectivity index (χ0n) is 22.0. The second kappa shape index (κ2) is 10.7. The van der Waals surface area contributed by atoms with Crippen LogP contribution >= 0.6 is 0 Å². The van der Waals surface area contributed by atoms with Crippen molar-refractivity contribution in [3.05, 3.63) is 136 Å². The summed E-state index contributed by atoms with van der Waals surface area (Å²) in [6, 6.07) is 28.8. The lowest BCUT2D eigenvalue weighted by Crippen LogP contribution is -2.34. The van der Waals surface area contributed by atoms with Crippen LogP contribution in [-0.4, -0.2) is 36.9 Å². The van der Waals surface area contributed by atoms with Crippen molar-refractivity contribution in [3.8, 4) is 11.5 Å². The lowest BCUT2D eigenvalue weighted by molar-refractivity contribution is 0.174. The van der Waals surface area contributed by atoms with Crippen LogP contribution in [0.5, 0.6) is 11.5 Å². The maximum Gasteiger partial charge on any atom is 0.253 e. The number of H-pyrrole nitrogens is 1. The smallest absolute Gasteiger partial charge is 0.253 e. The Bertz CT molecular complexity index is 1830. The summed E-state index contributed by atoms with van der Waals surface area (Å²) in [4.78, 5) is 19.1. The van der Waals surface area contributed by atoms with E-state index in [4.69, 9.17) is 13.9 Å². The third-order valence-electron chi connectivity index (χ3n) is 7.17. The van der Waals surface area contributed by atoms with Crippen molar-refractivity contribution >= 4 is 10.9 Å². The highest BCUT2D eigenvalue weighted by atomic mass is 16.7. The minimum atomic E-state index is -0.613. The van der Waals surface area contributed by atoms with Crippen LogP contribution in [0, 0.1) is 0 Å². The number of furan rings is 1. The third kappa shape index (κ3) is 5.08. The number of aromatic amines is 1. The van der Waals surface area contributed by atoms with E-state index < -0.39 is 6.04 Å². The van der Waals surface area contributed by atoms with E-state index in [-0.39, 0.29) is 12.4 Å². The van der Waals surface area contributed by atoms with E-state index in [1.54, 1.807) is 17.0 Å². The Morgan fingerprint density at radius 1 is 0.878 bits per heavy atom. The molecule has 0 spiro atoms. The molecule has 10 nitrogen and oxygen atoms in total. The van der Waals surface area contributed by atoms with Crippen molar-refractivity contribution in [2.45, 2.75) is 25.7 Å². The molecule has 0 bridgehead atoms. The molecule has 0 radical (unpaired) electrons. The van der Waals surface area contributed by atoms with Crippen molar-refractivity contribution in [2.24, 2.45) is 0 Å². The van der Waals surface area contributed by atoms with E-state index in [1.165, 1.54) is 0 Å². The van der Waals surface area contributed by atoms with Crippen LogP contribution in [0.15, 0.2) is 106 Å². The number of rotatable bonds is 9. The summed E-state index contributed by atoms with van der Waals surface area (Å²) >= 11 is 0. The number of pyridine rings is 1. The number of hydrogen-bond acceptors (Lipinski definition) is 8. The first-order chi connectivity index (χ1) is 20.2. The van der Waals surface area contributed by atoms with E-state index >= 15 is 0 Å². The molecule has 0 unspecified atom stereocenters. The van der Waals surface area contributed by atoms with Crippen molar-refractivity contribution < 1.29 is 13.9 Å². The molecule has 0 saturated heterocycles. The zero-order chi connectivity index (χ0) is 27.6. The van der Waals surface area contributed by atoms with Gasteiger partial charge < -0.3 is 18.9 Å². The Kier molecular flexibility index (Phi) is 6.50. The summed E-state index contributed by atoms with van der Waals surface area (Å²) in [7, 11) is 0. The minimum Gasteiger partial charge on any atom is -0.468 e. The molecule has 1 N–H and O–H groups in total. The number of aromatic nitrogens is 5. The maximum absolute atomic E-state index is 13.8. The number of fused-ring (bicyclic) bond motifs is 2. The van der Waals surface area contributed by atoms with Gasteiger partial charge in [0.2, 0.25) is 6.79 Å². The van der Waals surface area contributed by atoms with Crippen LogP contribution in [0.4, 0.5) is 0 Å². The highest BCUT2D eigenvalue weighted by Crippen LogP contribution is 2.37. The Morgan fingerprint density at radius 2 is 1.63 bits per heavy atom. The summed E-state index contributed by atoms with van der Waals surface area (Å²) in [6.45, 7) is 1.53. The molecule has 0 fully saturated rings. The topological polar surface area (TPSA) is 111 Å². The molecule has 3 aromatic carbocycles. The molecule has 4 heterocycles. The molecule has 1 atom stereocenters. The second-order valence-corrected chi connectivity index (χ2v) is 9.90. The molecule has 7 rings (SSSR count). The van der Waals surface area contributed by atoms with Gasteiger partial charge in [0, 0.05) is 23.6 Å². The highest BCUT2D eigenvalue weighted by molar-refractivity contribution is 5.83. The molecule has 0 amide bonds. The summed E-state index contributed by atoms with van der Waals surface area (Å²) < 4.78 is 18.7. The summed E-state index contributed by atoms with van der Waals surface area (Å²) in [5.74, 6) is 2.54. The van der Waals surface area contributed by atoms with Crippen molar-refractivity contribution in [2.75, 3.05) is 6.79 Å². The average molecular weight is 547 g/mol. The van der Waals surface area contributed by atoms with Crippen LogP contribution in [0.25, 0.3) is 10.9 Å². The maximum atomic E-state index is 13.8. The predicted octanol–water partition coefficient (Wildman–Crippen LogP) is 4.68. The van der Waals surface area contributed by atoms with E-state index in [1.807, 2.05) is 72.8 Å². The summed E-state index contributed by atoms with van der Waals surface area (Å²) in [6.07, 6.45) is 1.65. The van der Waals surface area contributed by atoms with Gasteiger partial charge in [-0.05, 0) is 45.8 Å². The summed E-state index contributed by atoms with van der Waals surface area (Å²) in [5.41, 5.74) is 3.04. The first-order valence-corrected chi connectivity index (χ1v) is 13.3. The highest BCUT2D eigenvalue weighted by Gasteiger charge is 2.32. The quantitative estimate of drug-likeness (QED) is 0.278. The Morgan fingerprint density at radius 3 is 2.39 bits per heavy atom. The van der Waals surface area contributed by atoms with Crippen LogP contribution in [-0.2, 0) is 19.6 Å². The number of tetrazole rings is 1. The molecule has 204 valence electrons. The van der Waals surface area contributed by atoms with Crippen molar-refractivity contribution in [1.29, 1.82) is 0 Å². The number of ether oxygens (including phenoxy) is 2. The van der Waals surface area contributed by atoms with E-state index in [0.29, 0.717) is 48.0 Å². The fraction of sp³-hybridized carbons (Fsp3) is 0.161. The number of hydrogen-bond donors (Lipinski definition) is 1. The molecule has 3 aromatic heterocycles. The molecule has 41 heavy (non-hydrogen) atoms. The molecule has 0 saturated carbocycles. The van der Waals surface area contributed by atoms with E-state index in [2.05, 4.69) is 37.5 Å². The van der Waals surface area contributed by atoms with Gasteiger partial charge in [-0.15, -0.1) is 5.10 Å². The lowest BCUT2D eigenvalue weighted by atomic mass is 10.0. The number of nitrogens with one attached hydrogen (secondary N) is 1. The van der Waals surface area contributed by atoms with E-state index in [9.17, 15) is 4.79 Å². The number of benzene rings is 3. The predicted molar refractivity (Wildman–Crippen MR) is 150 cm³/mol. The van der Waals surface area contributed by atoms with Crippen LogP contribution in [0.1, 0.15) is 34.3 Å². The van der Waals surface area contributed by atoms with E-state index in [0.717, 1.165) is 22.3 Å². The SMILES string of the molecule is O=c1[nH]c2cc3c(cc2cc1[C@@H](c1nnnn1Cc1ccccc1)N(Cc1ccccc1)Cc1ccco1)OCO3. The van der Waals surface area contributed by atoms with Crippen LogP contribution in [0.3, 0.4) is 0 Å². The molecule has 6 aromatic rings. The largest absolute Gasteiger partial charge is 0.468 e. The van der Waals surface area contributed by atoms with Gasteiger partial charge in [0.15, 0.2) is 17.3 Å². The first kappa shape index (κ1) is 24.8. The van der Waals surface area contributed by atoms with Gasteiger partial charge in [0.25, 0.3) is 5.56 Å². The average Bonchev–Trinajstić information content (AvgIpc) is 3.77. The Hall–Kier alpha value is -5.22. The standard InChI is InChI=1S/C31H26N6O4/c38-31-25(14-23-15-27-28(41-20-40-27)16-26(23)32-31)29(30-33-34-35-37(30)18-22-10-5-2-6-11-22)36(19-24-12-7-13-39-24)17-21-8-3-1-4-9-21/h1-16,29H,17-20H2,(H,32,38)/t29-/m0/s1. The Balaban J connectivity index is 1.39. The number of nitrogens with zero attached hydrogens (tertiary/aromatic N) is 5. The van der Waals surface area contributed by atoms with Gasteiger partial charge in [-0.3, -0.25) is 9.69 Å². The van der Waals surface area contributed by atoms with Gasteiger partial charge in [0.1, 0.15) is 11.8 Å². The molecule has 1 aliphatic heterocycles. The Labute approximate surface area is 234 Å².